The zero-order valence-electron chi connectivity index (χ0n) is 30.4. The molecule has 0 bridgehead atoms. The Morgan fingerprint density at radius 1 is 0.482 bits per heavy atom. The molecule has 10 aromatic rings. The molecule has 0 saturated heterocycles. The van der Waals surface area contributed by atoms with Gasteiger partial charge in [-0.3, -0.25) is 5.32 Å². The highest BCUT2D eigenvalue weighted by molar-refractivity contribution is 6.18. The zero-order chi connectivity index (χ0) is 37.0. The summed E-state index contributed by atoms with van der Waals surface area (Å²) < 4.78 is 9.13. The highest BCUT2D eigenvalue weighted by atomic mass is 16.3. The lowest BCUT2D eigenvalue weighted by Gasteiger charge is -2.33. The molecular formula is C51H36N4O. The second-order valence-corrected chi connectivity index (χ2v) is 14.4. The summed E-state index contributed by atoms with van der Waals surface area (Å²) >= 11 is 0. The molecule has 8 aromatic carbocycles. The number of benzene rings is 8. The van der Waals surface area contributed by atoms with Crippen molar-refractivity contribution in [3.8, 4) is 27.9 Å². The fourth-order valence-corrected chi connectivity index (χ4v) is 8.42. The van der Waals surface area contributed by atoms with Gasteiger partial charge in [0.25, 0.3) is 0 Å². The Hall–Kier alpha value is -7.21. The van der Waals surface area contributed by atoms with Gasteiger partial charge in [0.2, 0.25) is 0 Å². The van der Waals surface area contributed by atoms with Gasteiger partial charge >= 0.3 is 0 Å². The molecule has 56 heavy (non-hydrogen) atoms. The molecule has 2 aromatic heterocycles. The molecule has 1 aliphatic rings. The van der Waals surface area contributed by atoms with Gasteiger partial charge in [0, 0.05) is 38.2 Å². The summed E-state index contributed by atoms with van der Waals surface area (Å²) in [6.07, 6.45) is -0.524. The van der Waals surface area contributed by atoms with Crippen molar-refractivity contribution in [2.75, 3.05) is 0 Å². The van der Waals surface area contributed by atoms with Crippen LogP contribution in [0.4, 0.5) is 0 Å². The lowest BCUT2D eigenvalue weighted by atomic mass is 10.0. The van der Waals surface area contributed by atoms with E-state index in [1.54, 1.807) is 0 Å². The van der Waals surface area contributed by atoms with Crippen LogP contribution in [0.2, 0.25) is 0 Å². The summed E-state index contributed by atoms with van der Waals surface area (Å²) in [5, 5.41) is 12.1. The van der Waals surface area contributed by atoms with Crippen LogP contribution >= 0.6 is 0 Å². The molecule has 0 aliphatic carbocycles. The quantitative estimate of drug-likeness (QED) is 0.180. The van der Waals surface area contributed by atoms with E-state index < -0.39 is 0 Å². The minimum absolute atomic E-state index is 0.181. The molecule has 0 amide bonds. The summed E-state index contributed by atoms with van der Waals surface area (Å²) in [4.78, 5) is 5.38. The standard InChI is InChI=1S/C51H36N4O/c1-4-15-33(16-5-1)34-27-29-37(30-28-34)50-52-49(36-19-8-3-9-20-36)53-51(54-50)41-22-11-13-26-45(41)55-44-25-12-10-21-39(44)42-32-47-43(31-46(42)55)40-24-14-23-38(48(40)56-47)35-17-6-2-7-18-35/h1-32,50-51,54H,(H,52,53). The lowest BCUT2D eigenvalue weighted by Crippen LogP contribution is -2.45. The normalized spacial score (nSPS) is 15.7. The molecule has 0 spiro atoms. The molecule has 2 atom stereocenters. The molecule has 0 saturated carbocycles. The van der Waals surface area contributed by atoms with Crippen molar-refractivity contribution >= 4 is 49.6 Å². The first kappa shape index (κ1) is 32.2. The highest BCUT2D eigenvalue weighted by Crippen LogP contribution is 2.42. The number of rotatable bonds is 6. The monoisotopic (exact) mass is 720 g/mol. The number of fused-ring (bicyclic) bond motifs is 6. The van der Waals surface area contributed by atoms with Crippen LogP contribution in [0.5, 0.6) is 0 Å². The zero-order valence-corrected chi connectivity index (χ0v) is 30.4. The number of aromatic nitrogens is 1. The van der Waals surface area contributed by atoms with E-state index in [4.69, 9.17) is 9.41 Å². The third kappa shape index (κ3) is 5.40. The third-order valence-electron chi connectivity index (χ3n) is 11.1. The van der Waals surface area contributed by atoms with E-state index in [1.807, 2.05) is 12.1 Å². The topological polar surface area (TPSA) is 54.5 Å². The van der Waals surface area contributed by atoms with Crippen LogP contribution in [-0.4, -0.2) is 10.4 Å². The Bertz CT molecular complexity index is 3070. The number of hydrogen-bond acceptors (Lipinski definition) is 4. The molecule has 0 radical (unpaired) electrons. The molecule has 266 valence electrons. The molecule has 5 nitrogen and oxygen atoms in total. The van der Waals surface area contributed by atoms with E-state index in [-0.39, 0.29) is 12.3 Å². The number of nitrogens with zero attached hydrogens (tertiary/aromatic N) is 2. The molecule has 2 N–H and O–H groups in total. The number of aliphatic imine (C=N–C) groups is 1. The summed E-state index contributed by atoms with van der Waals surface area (Å²) in [5.74, 6) is 0.851. The van der Waals surface area contributed by atoms with Crippen molar-refractivity contribution in [3.05, 3.63) is 211 Å². The van der Waals surface area contributed by atoms with Crippen LogP contribution in [0.3, 0.4) is 0 Å². The van der Waals surface area contributed by atoms with Crippen molar-refractivity contribution in [1.82, 2.24) is 15.2 Å². The van der Waals surface area contributed by atoms with Gasteiger partial charge in [-0.2, -0.15) is 0 Å². The van der Waals surface area contributed by atoms with Crippen molar-refractivity contribution in [2.24, 2.45) is 4.99 Å². The van der Waals surface area contributed by atoms with Gasteiger partial charge in [0.15, 0.2) is 0 Å². The van der Waals surface area contributed by atoms with E-state index in [0.717, 1.165) is 77.7 Å². The first-order valence-electron chi connectivity index (χ1n) is 19.1. The second-order valence-electron chi connectivity index (χ2n) is 14.4. The average Bonchev–Trinajstić information content (AvgIpc) is 3.81. The molecular weight excluding hydrogens is 685 g/mol. The smallest absolute Gasteiger partial charge is 0.143 e. The number of para-hydroxylation sites is 3. The maximum Gasteiger partial charge on any atom is 0.143 e. The Morgan fingerprint density at radius 3 is 1.91 bits per heavy atom. The summed E-state index contributed by atoms with van der Waals surface area (Å²) in [6.45, 7) is 0. The largest absolute Gasteiger partial charge is 0.455 e. The molecule has 2 unspecified atom stereocenters. The van der Waals surface area contributed by atoms with Crippen LogP contribution < -0.4 is 10.6 Å². The van der Waals surface area contributed by atoms with Crippen molar-refractivity contribution in [3.63, 3.8) is 0 Å². The van der Waals surface area contributed by atoms with E-state index in [0.29, 0.717) is 0 Å². The third-order valence-corrected chi connectivity index (χ3v) is 11.1. The maximum absolute atomic E-state index is 6.73. The van der Waals surface area contributed by atoms with Crippen molar-refractivity contribution < 1.29 is 4.42 Å². The minimum atomic E-state index is -0.343. The lowest BCUT2D eigenvalue weighted by molar-refractivity contribution is 0.408. The van der Waals surface area contributed by atoms with E-state index in [9.17, 15) is 0 Å². The Labute approximate surface area is 324 Å². The van der Waals surface area contributed by atoms with Crippen LogP contribution in [-0.2, 0) is 0 Å². The Balaban J connectivity index is 1.08. The summed E-state index contributed by atoms with van der Waals surface area (Å²) in [6, 6.07) is 68.5. The fourth-order valence-electron chi connectivity index (χ4n) is 8.42. The first-order chi connectivity index (χ1) is 27.8. The van der Waals surface area contributed by atoms with Crippen LogP contribution in [0.1, 0.15) is 29.0 Å². The second kappa shape index (κ2) is 13.3. The average molecular weight is 721 g/mol. The predicted molar refractivity (Wildman–Crippen MR) is 230 cm³/mol. The van der Waals surface area contributed by atoms with Crippen molar-refractivity contribution in [2.45, 2.75) is 12.3 Å². The number of nitrogens with one attached hydrogen (secondary N) is 2. The first-order valence-corrected chi connectivity index (χ1v) is 19.1. The molecule has 0 fully saturated rings. The fraction of sp³-hybridized carbons (Fsp3) is 0.0392. The van der Waals surface area contributed by atoms with Crippen LogP contribution in [0.25, 0.3) is 71.7 Å². The maximum atomic E-state index is 6.73. The van der Waals surface area contributed by atoms with Gasteiger partial charge in [-0.15, -0.1) is 0 Å². The molecule has 3 heterocycles. The van der Waals surface area contributed by atoms with Gasteiger partial charge < -0.3 is 14.3 Å². The van der Waals surface area contributed by atoms with E-state index >= 15 is 0 Å². The minimum Gasteiger partial charge on any atom is -0.455 e. The predicted octanol–water partition coefficient (Wildman–Crippen LogP) is 12.4. The van der Waals surface area contributed by atoms with Gasteiger partial charge in [-0.25, -0.2) is 4.99 Å². The number of furan rings is 1. The van der Waals surface area contributed by atoms with Gasteiger partial charge in [-0.1, -0.05) is 170 Å². The Kier molecular flexibility index (Phi) is 7.64. The van der Waals surface area contributed by atoms with Crippen molar-refractivity contribution in [1.29, 1.82) is 0 Å². The van der Waals surface area contributed by atoms with E-state index in [2.05, 4.69) is 197 Å². The van der Waals surface area contributed by atoms with Gasteiger partial charge in [-0.05, 0) is 46.5 Å². The summed E-state index contributed by atoms with van der Waals surface area (Å²) in [7, 11) is 0. The van der Waals surface area contributed by atoms with E-state index in [1.165, 1.54) is 16.5 Å². The Morgan fingerprint density at radius 2 is 1.12 bits per heavy atom. The molecule has 5 heteroatoms. The van der Waals surface area contributed by atoms with Gasteiger partial charge in [0.1, 0.15) is 29.3 Å². The number of amidine groups is 1. The molecule has 11 rings (SSSR count). The SMILES string of the molecule is c1ccc(C2=NC(c3ccccc3-n3c4ccccc4c4cc5oc6c(-c7ccccc7)cccc6c5cc43)NC(c3ccc(-c4ccccc4)cc3)N2)cc1. The van der Waals surface area contributed by atoms with Crippen LogP contribution in [0.15, 0.2) is 204 Å². The highest BCUT2D eigenvalue weighted by Gasteiger charge is 2.28. The molecule has 1 aliphatic heterocycles. The number of hydrogen-bond donors (Lipinski definition) is 2. The summed E-state index contributed by atoms with van der Waals surface area (Å²) in [5.41, 5.74) is 13.0. The van der Waals surface area contributed by atoms with Gasteiger partial charge in [0.05, 0.1) is 16.7 Å². The van der Waals surface area contributed by atoms with Crippen LogP contribution in [0, 0.1) is 0 Å².